The normalized spacial score (nSPS) is 22.2. The van der Waals surface area contributed by atoms with E-state index in [9.17, 15) is 0 Å². The molecule has 0 amide bonds. The predicted molar refractivity (Wildman–Crippen MR) is 69.1 cm³/mol. The van der Waals surface area contributed by atoms with Gasteiger partial charge in [-0.3, -0.25) is 0 Å². The van der Waals surface area contributed by atoms with Gasteiger partial charge in [0.05, 0.1) is 0 Å². The van der Waals surface area contributed by atoms with Gasteiger partial charge in [-0.15, -0.1) is 0 Å². The molecule has 1 aromatic carbocycles. The van der Waals surface area contributed by atoms with Crippen LogP contribution in [0.3, 0.4) is 0 Å². The number of nitrogens with one attached hydrogen (secondary N) is 1. The Bertz CT molecular complexity index is 340. The molecule has 0 spiro atoms. The SMILES string of the molecule is CN1CCNC(CCc2ccccc2Cl)C1. The molecule has 2 rings (SSSR count). The molecule has 1 saturated heterocycles. The molecular formula is C13H19ClN2. The van der Waals surface area contributed by atoms with Crippen LogP contribution in [0.15, 0.2) is 24.3 Å². The lowest BCUT2D eigenvalue weighted by Crippen LogP contribution is -2.49. The van der Waals surface area contributed by atoms with Crippen LogP contribution in [0.1, 0.15) is 12.0 Å². The summed E-state index contributed by atoms with van der Waals surface area (Å²) in [5.74, 6) is 0. The van der Waals surface area contributed by atoms with Crippen LogP contribution in [0.5, 0.6) is 0 Å². The standard InChI is InChI=1S/C13H19ClN2/c1-16-9-8-15-12(10-16)7-6-11-4-2-3-5-13(11)14/h2-5,12,15H,6-10H2,1H3. The van der Waals surface area contributed by atoms with Crippen molar-refractivity contribution in [2.75, 3.05) is 26.7 Å². The first-order valence-electron chi connectivity index (χ1n) is 5.91. The summed E-state index contributed by atoms with van der Waals surface area (Å²) in [6.07, 6.45) is 2.22. The molecule has 1 aliphatic heterocycles. The van der Waals surface area contributed by atoms with E-state index in [0.717, 1.165) is 37.5 Å². The Hall–Kier alpha value is -0.570. The molecule has 1 N–H and O–H groups in total. The fourth-order valence-corrected chi connectivity index (χ4v) is 2.45. The second kappa shape index (κ2) is 5.67. The smallest absolute Gasteiger partial charge is 0.0437 e. The van der Waals surface area contributed by atoms with Gasteiger partial charge < -0.3 is 10.2 Å². The summed E-state index contributed by atoms with van der Waals surface area (Å²) in [5.41, 5.74) is 1.26. The number of aryl methyl sites for hydroxylation is 1. The summed E-state index contributed by atoms with van der Waals surface area (Å²) < 4.78 is 0. The summed E-state index contributed by atoms with van der Waals surface area (Å²) in [5, 5.41) is 4.45. The average Bonchev–Trinajstić information content (AvgIpc) is 2.28. The molecule has 3 heteroatoms. The summed E-state index contributed by atoms with van der Waals surface area (Å²) >= 11 is 6.14. The van der Waals surface area contributed by atoms with E-state index in [1.165, 1.54) is 5.56 Å². The van der Waals surface area contributed by atoms with Gasteiger partial charge in [0.2, 0.25) is 0 Å². The third-order valence-electron chi connectivity index (χ3n) is 3.18. The molecule has 1 aliphatic rings. The number of halogens is 1. The molecule has 1 aromatic rings. The highest BCUT2D eigenvalue weighted by molar-refractivity contribution is 6.31. The molecule has 1 heterocycles. The number of benzene rings is 1. The molecule has 0 bridgehead atoms. The first kappa shape index (κ1) is 11.9. The van der Waals surface area contributed by atoms with Gasteiger partial charge in [0.15, 0.2) is 0 Å². The number of likely N-dealkylation sites (N-methyl/N-ethyl adjacent to an activating group) is 1. The third kappa shape index (κ3) is 3.21. The molecule has 88 valence electrons. The molecule has 0 radical (unpaired) electrons. The van der Waals surface area contributed by atoms with Gasteiger partial charge in [-0.25, -0.2) is 0 Å². The topological polar surface area (TPSA) is 15.3 Å². The van der Waals surface area contributed by atoms with E-state index < -0.39 is 0 Å². The van der Waals surface area contributed by atoms with Gasteiger partial charge in [-0.1, -0.05) is 29.8 Å². The fourth-order valence-electron chi connectivity index (χ4n) is 2.22. The van der Waals surface area contributed by atoms with Gasteiger partial charge in [-0.05, 0) is 31.5 Å². The Labute approximate surface area is 103 Å². The van der Waals surface area contributed by atoms with E-state index >= 15 is 0 Å². The van der Waals surface area contributed by atoms with Crippen LogP contribution in [0, 0.1) is 0 Å². The Morgan fingerprint density at radius 1 is 1.44 bits per heavy atom. The molecule has 1 fully saturated rings. The maximum atomic E-state index is 6.14. The number of piperazine rings is 1. The second-order valence-corrected chi connectivity index (χ2v) is 4.95. The van der Waals surface area contributed by atoms with Crippen molar-refractivity contribution in [3.63, 3.8) is 0 Å². The predicted octanol–water partition coefficient (Wildman–Crippen LogP) is 2.18. The zero-order valence-electron chi connectivity index (χ0n) is 9.75. The monoisotopic (exact) mass is 238 g/mol. The highest BCUT2D eigenvalue weighted by Gasteiger charge is 2.16. The molecule has 0 aliphatic carbocycles. The molecule has 0 aromatic heterocycles. The van der Waals surface area contributed by atoms with E-state index in [1.807, 2.05) is 12.1 Å². The van der Waals surface area contributed by atoms with Gasteiger partial charge in [0.25, 0.3) is 0 Å². The van der Waals surface area contributed by atoms with E-state index in [2.05, 4.69) is 29.4 Å². The van der Waals surface area contributed by atoms with Crippen LogP contribution >= 0.6 is 11.6 Å². The van der Waals surface area contributed by atoms with Gasteiger partial charge >= 0.3 is 0 Å². The van der Waals surface area contributed by atoms with Crippen LogP contribution < -0.4 is 5.32 Å². The summed E-state index contributed by atoms with van der Waals surface area (Å²) in [6, 6.07) is 8.74. The summed E-state index contributed by atoms with van der Waals surface area (Å²) in [7, 11) is 2.18. The zero-order chi connectivity index (χ0) is 11.4. The minimum atomic E-state index is 0.607. The Kier molecular flexibility index (Phi) is 4.22. The van der Waals surface area contributed by atoms with E-state index in [0.29, 0.717) is 6.04 Å². The molecular weight excluding hydrogens is 220 g/mol. The Balaban J connectivity index is 1.85. The number of nitrogens with zero attached hydrogens (tertiary/aromatic N) is 1. The van der Waals surface area contributed by atoms with Crippen LogP contribution in [-0.2, 0) is 6.42 Å². The Morgan fingerprint density at radius 3 is 3.00 bits per heavy atom. The molecule has 1 atom stereocenters. The third-order valence-corrected chi connectivity index (χ3v) is 3.55. The summed E-state index contributed by atoms with van der Waals surface area (Å²) in [6.45, 7) is 3.40. The van der Waals surface area contributed by atoms with Gasteiger partial charge in [0.1, 0.15) is 0 Å². The number of rotatable bonds is 3. The van der Waals surface area contributed by atoms with Crippen molar-refractivity contribution < 1.29 is 0 Å². The van der Waals surface area contributed by atoms with Crippen molar-refractivity contribution in [1.82, 2.24) is 10.2 Å². The highest BCUT2D eigenvalue weighted by Crippen LogP contribution is 2.17. The van der Waals surface area contributed by atoms with Crippen molar-refractivity contribution >= 4 is 11.6 Å². The first-order chi connectivity index (χ1) is 7.75. The average molecular weight is 239 g/mol. The fraction of sp³-hybridized carbons (Fsp3) is 0.538. The maximum absolute atomic E-state index is 6.14. The van der Waals surface area contributed by atoms with Gasteiger partial charge in [-0.2, -0.15) is 0 Å². The minimum absolute atomic E-state index is 0.607. The lowest BCUT2D eigenvalue weighted by molar-refractivity contribution is 0.232. The van der Waals surface area contributed by atoms with Crippen LogP contribution in [0.4, 0.5) is 0 Å². The second-order valence-electron chi connectivity index (χ2n) is 4.54. The number of hydrogen-bond acceptors (Lipinski definition) is 2. The van der Waals surface area contributed by atoms with Crippen LogP contribution in [-0.4, -0.2) is 37.6 Å². The maximum Gasteiger partial charge on any atom is 0.0437 e. The molecule has 1 unspecified atom stereocenters. The van der Waals surface area contributed by atoms with Crippen molar-refractivity contribution in [2.24, 2.45) is 0 Å². The van der Waals surface area contributed by atoms with Gasteiger partial charge in [0, 0.05) is 30.7 Å². The van der Waals surface area contributed by atoms with Crippen molar-refractivity contribution in [3.8, 4) is 0 Å². The first-order valence-corrected chi connectivity index (χ1v) is 6.29. The molecule has 16 heavy (non-hydrogen) atoms. The van der Waals surface area contributed by atoms with E-state index in [1.54, 1.807) is 0 Å². The molecule has 0 saturated carbocycles. The van der Waals surface area contributed by atoms with E-state index in [-0.39, 0.29) is 0 Å². The quantitative estimate of drug-likeness (QED) is 0.869. The van der Waals surface area contributed by atoms with E-state index in [4.69, 9.17) is 11.6 Å². The van der Waals surface area contributed by atoms with Crippen LogP contribution in [0.2, 0.25) is 5.02 Å². The number of hydrogen-bond donors (Lipinski definition) is 1. The largest absolute Gasteiger partial charge is 0.311 e. The lowest BCUT2D eigenvalue weighted by Gasteiger charge is -2.31. The highest BCUT2D eigenvalue weighted by atomic mass is 35.5. The lowest BCUT2D eigenvalue weighted by atomic mass is 10.0. The van der Waals surface area contributed by atoms with Crippen molar-refractivity contribution in [1.29, 1.82) is 0 Å². The van der Waals surface area contributed by atoms with Crippen molar-refractivity contribution in [3.05, 3.63) is 34.9 Å². The Morgan fingerprint density at radius 2 is 2.25 bits per heavy atom. The summed E-state index contributed by atoms with van der Waals surface area (Å²) in [4.78, 5) is 2.38. The van der Waals surface area contributed by atoms with Crippen LogP contribution in [0.25, 0.3) is 0 Å². The molecule has 2 nitrogen and oxygen atoms in total. The zero-order valence-corrected chi connectivity index (χ0v) is 10.5. The minimum Gasteiger partial charge on any atom is -0.311 e. The van der Waals surface area contributed by atoms with Crippen molar-refractivity contribution in [2.45, 2.75) is 18.9 Å².